The van der Waals surface area contributed by atoms with Crippen molar-refractivity contribution in [3.8, 4) is 0 Å². The molecule has 0 aromatic carbocycles. The van der Waals surface area contributed by atoms with Crippen LogP contribution in [0.25, 0.3) is 0 Å². The first kappa shape index (κ1) is 12.0. The number of nitrogens with two attached hydrogens (primary N) is 1. The van der Waals surface area contributed by atoms with Gasteiger partial charge in [-0.3, -0.25) is 0 Å². The van der Waals surface area contributed by atoms with Gasteiger partial charge in [-0.05, 0) is 35.7 Å². The molecule has 2 rings (SSSR count). The summed E-state index contributed by atoms with van der Waals surface area (Å²) in [7, 11) is 0. The number of aliphatic hydroxyl groups is 1. The second-order valence-electron chi connectivity index (χ2n) is 4.79. The third-order valence-electron chi connectivity index (χ3n) is 2.71. The van der Waals surface area contributed by atoms with Crippen LogP contribution >= 0.6 is 15.9 Å². The molecule has 0 amide bonds. The lowest BCUT2D eigenvalue weighted by Gasteiger charge is -2.21. The summed E-state index contributed by atoms with van der Waals surface area (Å²) in [5, 5.41) is 9.15. The first-order valence-corrected chi connectivity index (χ1v) is 6.22. The Kier molecular flexibility index (Phi) is 3.28. The molecule has 0 spiro atoms. The normalized spacial score (nSPS) is 19.5. The van der Waals surface area contributed by atoms with E-state index in [1.165, 1.54) is 12.8 Å². The Morgan fingerprint density at radius 1 is 1.62 bits per heavy atom. The van der Waals surface area contributed by atoms with E-state index in [4.69, 9.17) is 10.8 Å². The largest absolute Gasteiger partial charge is 0.394 e. The van der Waals surface area contributed by atoms with Crippen LogP contribution in [0.15, 0.2) is 10.7 Å². The van der Waals surface area contributed by atoms with E-state index in [0.29, 0.717) is 12.3 Å². The molecule has 1 aliphatic rings. The zero-order chi connectivity index (χ0) is 11.8. The van der Waals surface area contributed by atoms with Crippen LogP contribution in [0, 0.1) is 0 Å². The van der Waals surface area contributed by atoms with Crippen LogP contribution in [0.4, 0.5) is 0 Å². The molecular weight excluding hydrogens is 270 g/mol. The molecule has 5 heteroatoms. The van der Waals surface area contributed by atoms with Crippen LogP contribution < -0.4 is 5.73 Å². The Hall–Kier alpha value is -0.520. The maximum absolute atomic E-state index is 9.15. The van der Waals surface area contributed by atoms with Crippen LogP contribution in [0.5, 0.6) is 0 Å². The highest BCUT2D eigenvalue weighted by atomic mass is 79.9. The Labute approximate surface area is 103 Å². The number of rotatable bonds is 4. The lowest BCUT2D eigenvalue weighted by atomic mass is 9.98. The Morgan fingerprint density at radius 2 is 2.31 bits per heavy atom. The SMILES string of the molecule is CC(N)(CO)Cc1nc(C2CC2)ncc1Br. The van der Waals surface area contributed by atoms with Crippen LogP contribution in [0.2, 0.25) is 0 Å². The van der Waals surface area contributed by atoms with E-state index in [9.17, 15) is 0 Å². The van der Waals surface area contributed by atoms with Crippen molar-refractivity contribution in [3.05, 3.63) is 22.2 Å². The number of hydrogen-bond donors (Lipinski definition) is 2. The predicted molar refractivity (Wildman–Crippen MR) is 65.1 cm³/mol. The lowest BCUT2D eigenvalue weighted by molar-refractivity contribution is 0.207. The molecule has 88 valence electrons. The zero-order valence-corrected chi connectivity index (χ0v) is 10.9. The van der Waals surface area contributed by atoms with Gasteiger partial charge < -0.3 is 10.8 Å². The molecule has 3 N–H and O–H groups in total. The van der Waals surface area contributed by atoms with Crippen LogP contribution in [-0.2, 0) is 6.42 Å². The van der Waals surface area contributed by atoms with Crippen LogP contribution in [0.1, 0.15) is 37.2 Å². The van der Waals surface area contributed by atoms with Gasteiger partial charge in [-0.2, -0.15) is 0 Å². The molecule has 0 saturated heterocycles. The van der Waals surface area contributed by atoms with E-state index in [1.807, 2.05) is 6.92 Å². The van der Waals surface area contributed by atoms with Gasteiger partial charge in [0.15, 0.2) is 0 Å². The molecule has 1 aromatic heterocycles. The summed E-state index contributed by atoms with van der Waals surface area (Å²) in [6, 6.07) is 0. The van der Waals surface area contributed by atoms with Crippen molar-refractivity contribution in [1.82, 2.24) is 9.97 Å². The fourth-order valence-corrected chi connectivity index (χ4v) is 1.85. The van der Waals surface area contributed by atoms with Gasteiger partial charge in [-0.25, -0.2) is 9.97 Å². The second-order valence-corrected chi connectivity index (χ2v) is 5.64. The summed E-state index contributed by atoms with van der Waals surface area (Å²) in [5.74, 6) is 1.44. The fraction of sp³-hybridized carbons (Fsp3) is 0.636. The second kappa shape index (κ2) is 4.39. The van der Waals surface area contributed by atoms with Gasteiger partial charge in [0.25, 0.3) is 0 Å². The Balaban J connectivity index is 2.21. The number of aromatic nitrogens is 2. The first-order chi connectivity index (χ1) is 7.52. The summed E-state index contributed by atoms with van der Waals surface area (Å²) in [5.41, 5.74) is 6.19. The molecule has 0 aliphatic heterocycles. The van der Waals surface area contributed by atoms with Crippen molar-refractivity contribution < 1.29 is 5.11 Å². The molecule has 1 unspecified atom stereocenters. The third kappa shape index (κ3) is 2.78. The van der Waals surface area contributed by atoms with E-state index in [-0.39, 0.29) is 6.61 Å². The summed E-state index contributed by atoms with van der Waals surface area (Å²) in [4.78, 5) is 8.81. The topological polar surface area (TPSA) is 72.0 Å². The molecule has 1 atom stereocenters. The predicted octanol–water partition coefficient (Wildman–Crippen LogP) is 1.37. The number of aliphatic hydroxyl groups excluding tert-OH is 1. The highest BCUT2D eigenvalue weighted by Gasteiger charge is 2.28. The van der Waals surface area contributed by atoms with Crippen molar-refractivity contribution in [2.24, 2.45) is 5.73 Å². The van der Waals surface area contributed by atoms with Crippen molar-refractivity contribution in [1.29, 1.82) is 0 Å². The van der Waals surface area contributed by atoms with Gasteiger partial charge in [0.2, 0.25) is 0 Å². The van der Waals surface area contributed by atoms with Crippen molar-refractivity contribution >= 4 is 15.9 Å². The van der Waals surface area contributed by atoms with Gasteiger partial charge >= 0.3 is 0 Å². The van der Waals surface area contributed by atoms with E-state index >= 15 is 0 Å². The van der Waals surface area contributed by atoms with Crippen LogP contribution in [-0.4, -0.2) is 27.2 Å². The number of halogens is 1. The highest BCUT2D eigenvalue weighted by molar-refractivity contribution is 9.10. The van der Waals surface area contributed by atoms with Crippen LogP contribution in [0.3, 0.4) is 0 Å². The third-order valence-corrected chi connectivity index (χ3v) is 3.37. The van der Waals surface area contributed by atoms with Gasteiger partial charge in [0, 0.05) is 24.1 Å². The molecule has 0 bridgehead atoms. The van der Waals surface area contributed by atoms with E-state index in [0.717, 1.165) is 16.0 Å². The van der Waals surface area contributed by atoms with Gasteiger partial charge in [-0.15, -0.1) is 0 Å². The van der Waals surface area contributed by atoms with E-state index < -0.39 is 5.54 Å². The average Bonchev–Trinajstić information content (AvgIpc) is 3.05. The number of nitrogens with zero attached hydrogens (tertiary/aromatic N) is 2. The molecular formula is C11H16BrN3O. The first-order valence-electron chi connectivity index (χ1n) is 5.43. The maximum atomic E-state index is 9.15. The standard InChI is InChI=1S/C11H16BrN3O/c1-11(13,6-16)4-9-8(12)5-14-10(15-9)7-2-3-7/h5,7,16H,2-4,6,13H2,1H3. The highest BCUT2D eigenvalue weighted by Crippen LogP contribution is 2.38. The number of hydrogen-bond acceptors (Lipinski definition) is 4. The quantitative estimate of drug-likeness (QED) is 0.877. The van der Waals surface area contributed by atoms with Crippen molar-refractivity contribution in [2.45, 2.75) is 37.6 Å². The van der Waals surface area contributed by atoms with Gasteiger partial charge in [-0.1, -0.05) is 0 Å². The molecule has 0 radical (unpaired) electrons. The Morgan fingerprint density at radius 3 is 2.88 bits per heavy atom. The minimum Gasteiger partial charge on any atom is -0.394 e. The zero-order valence-electron chi connectivity index (χ0n) is 9.28. The lowest BCUT2D eigenvalue weighted by Crippen LogP contribution is -2.42. The summed E-state index contributed by atoms with van der Waals surface area (Å²) < 4.78 is 0.863. The Bertz CT molecular complexity index is 391. The summed E-state index contributed by atoms with van der Waals surface area (Å²) in [6.07, 6.45) is 4.69. The fourth-order valence-electron chi connectivity index (χ4n) is 1.52. The molecule has 1 fully saturated rings. The van der Waals surface area contributed by atoms with Crippen molar-refractivity contribution in [2.75, 3.05) is 6.61 Å². The molecule has 1 aliphatic carbocycles. The van der Waals surface area contributed by atoms with Gasteiger partial charge in [0.1, 0.15) is 5.82 Å². The van der Waals surface area contributed by atoms with Crippen molar-refractivity contribution in [3.63, 3.8) is 0 Å². The summed E-state index contributed by atoms with van der Waals surface area (Å²) in [6.45, 7) is 1.76. The monoisotopic (exact) mass is 285 g/mol. The van der Waals surface area contributed by atoms with E-state index in [2.05, 4.69) is 25.9 Å². The minimum atomic E-state index is -0.627. The molecule has 1 heterocycles. The average molecular weight is 286 g/mol. The van der Waals surface area contributed by atoms with Gasteiger partial charge in [0.05, 0.1) is 16.8 Å². The van der Waals surface area contributed by atoms with E-state index in [1.54, 1.807) is 6.20 Å². The summed E-state index contributed by atoms with van der Waals surface area (Å²) >= 11 is 3.42. The molecule has 4 nitrogen and oxygen atoms in total. The molecule has 16 heavy (non-hydrogen) atoms. The molecule has 1 saturated carbocycles. The molecule has 1 aromatic rings. The smallest absolute Gasteiger partial charge is 0.131 e. The minimum absolute atomic E-state index is 0.0534. The maximum Gasteiger partial charge on any atom is 0.131 e.